The van der Waals surface area contributed by atoms with Crippen LogP contribution in [0.4, 0.5) is 4.79 Å². The number of carbonyl (C=O) groups excluding carboxylic acids is 1. The average molecular weight is 552 g/mol. The van der Waals surface area contributed by atoms with Crippen molar-refractivity contribution in [3.05, 3.63) is 17.7 Å². The summed E-state index contributed by atoms with van der Waals surface area (Å²) in [5, 5.41) is 9.19. The zero-order valence-electron chi connectivity index (χ0n) is 19.6. The van der Waals surface area contributed by atoms with E-state index in [4.69, 9.17) is 18.9 Å². The molecule has 0 heterocycles. The van der Waals surface area contributed by atoms with Gasteiger partial charge in [-0.1, -0.05) is 0 Å². The Bertz CT molecular complexity index is 682. The molecule has 0 aliphatic rings. The van der Waals surface area contributed by atoms with Gasteiger partial charge in [-0.3, -0.25) is 0 Å². The Kier molecular flexibility index (Phi) is 13.8. The van der Waals surface area contributed by atoms with Crippen molar-refractivity contribution in [2.24, 2.45) is 4.99 Å². The van der Waals surface area contributed by atoms with Gasteiger partial charge >= 0.3 is 6.09 Å². The fraction of sp³-hybridized carbons (Fsp3) is 0.619. The Balaban J connectivity index is 0.00000900. The van der Waals surface area contributed by atoms with Crippen molar-refractivity contribution >= 4 is 36.0 Å². The third kappa shape index (κ3) is 11.2. The number of ether oxygens (including phenoxy) is 4. The minimum atomic E-state index is -0.500. The number of carbonyl (C=O) groups is 1. The van der Waals surface area contributed by atoms with Gasteiger partial charge in [-0.25, -0.2) is 9.79 Å². The van der Waals surface area contributed by atoms with Crippen LogP contribution in [0.2, 0.25) is 0 Å². The SMILES string of the molecule is CCNC(=NCc1cc(OC)c(OC)c(OC)c1)NCCCNC(=O)OC(C)(C)C.I. The highest BCUT2D eigenvalue weighted by Gasteiger charge is 2.15. The van der Waals surface area contributed by atoms with Crippen molar-refractivity contribution in [2.75, 3.05) is 41.0 Å². The molecule has 0 saturated carbocycles. The lowest BCUT2D eigenvalue weighted by Crippen LogP contribution is -2.39. The molecule has 0 saturated heterocycles. The third-order valence-electron chi connectivity index (χ3n) is 3.80. The molecule has 3 N–H and O–H groups in total. The number of nitrogens with one attached hydrogen (secondary N) is 3. The van der Waals surface area contributed by atoms with Crippen LogP contribution in [-0.2, 0) is 11.3 Å². The molecule has 1 rings (SSSR count). The molecule has 10 heteroatoms. The van der Waals surface area contributed by atoms with Crippen LogP contribution in [0.15, 0.2) is 17.1 Å². The number of hydrogen-bond acceptors (Lipinski definition) is 6. The normalized spacial score (nSPS) is 11.1. The van der Waals surface area contributed by atoms with E-state index in [1.807, 2.05) is 39.8 Å². The van der Waals surface area contributed by atoms with Crippen LogP contribution >= 0.6 is 24.0 Å². The van der Waals surface area contributed by atoms with Gasteiger partial charge in [-0.15, -0.1) is 24.0 Å². The highest BCUT2D eigenvalue weighted by molar-refractivity contribution is 14.0. The lowest BCUT2D eigenvalue weighted by molar-refractivity contribution is 0.0527. The quantitative estimate of drug-likeness (QED) is 0.177. The number of methoxy groups -OCH3 is 3. The monoisotopic (exact) mass is 552 g/mol. The van der Waals surface area contributed by atoms with Gasteiger partial charge in [0.1, 0.15) is 5.60 Å². The number of benzene rings is 1. The number of guanidine groups is 1. The number of nitrogens with zero attached hydrogens (tertiary/aromatic N) is 1. The van der Waals surface area contributed by atoms with Crippen molar-refractivity contribution in [1.82, 2.24) is 16.0 Å². The maximum Gasteiger partial charge on any atom is 0.407 e. The largest absolute Gasteiger partial charge is 0.493 e. The summed E-state index contributed by atoms with van der Waals surface area (Å²) < 4.78 is 21.3. The Hall–Kier alpha value is -2.11. The molecule has 1 aromatic rings. The van der Waals surface area contributed by atoms with E-state index in [0.29, 0.717) is 42.8 Å². The lowest BCUT2D eigenvalue weighted by atomic mass is 10.2. The second-order valence-electron chi connectivity index (χ2n) is 7.44. The van der Waals surface area contributed by atoms with Crippen LogP contribution in [-0.4, -0.2) is 58.6 Å². The predicted molar refractivity (Wildman–Crippen MR) is 133 cm³/mol. The molecule has 0 unspecified atom stereocenters. The number of rotatable bonds is 10. The molecule has 0 atom stereocenters. The predicted octanol–water partition coefficient (Wildman–Crippen LogP) is 3.30. The summed E-state index contributed by atoms with van der Waals surface area (Å²) in [6.45, 7) is 9.83. The Morgan fingerprint density at radius 2 is 1.55 bits per heavy atom. The summed E-state index contributed by atoms with van der Waals surface area (Å²) in [7, 11) is 4.74. The minimum Gasteiger partial charge on any atom is -0.493 e. The number of alkyl carbamates (subject to hydrolysis) is 1. The van der Waals surface area contributed by atoms with Crippen LogP contribution in [0.25, 0.3) is 0 Å². The van der Waals surface area contributed by atoms with Crippen LogP contribution in [0.3, 0.4) is 0 Å². The first-order valence-electron chi connectivity index (χ1n) is 10.0. The first-order valence-corrected chi connectivity index (χ1v) is 10.0. The molecule has 0 spiro atoms. The van der Waals surface area contributed by atoms with Gasteiger partial charge in [0.15, 0.2) is 17.5 Å². The summed E-state index contributed by atoms with van der Waals surface area (Å²) in [5.74, 6) is 2.42. The van der Waals surface area contributed by atoms with E-state index in [1.54, 1.807) is 21.3 Å². The molecule has 1 amide bonds. The first kappa shape index (κ1) is 28.9. The molecule has 0 aliphatic carbocycles. The molecule has 0 bridgehead atoms. The Morgan fingerprint density at radius 1 is 0.968 bits per heavy atom. The highest BCUT2D eigenvalue weighted by Crippen LogP contribution is 2.38. The standard InChI is InChI=1S/C21H36N4O5.HI/c1-8-22-19(23-10-9-11-24-20(26)30-21(2,3)4)25-14-15-12-16(27-5)18(29-7)17(13-15)28-6;/h12-13H,8-11,14H2,1-7H3,(H,24,26)(H2,22,23,25);1H. The molecule has 0 radical (unpaired) electrons. The maximum absolute atomic E-state index is 11.6. The number of amides is 1. The molecule has 0 aromatic heterocycles. The molecular weight excluding hydrogens is 515 g/mol. The smallest absolute Gasteiger partial charge is 0.407 e. The minimum absolute atomic E-state index is 0. The van der Waals surface area contributed by atoms with Crippen molar-refractivity contribution in [2.45, 2.75) is 46.3 Å². The maximum atomic E-state index is 11.6. The second kappa shape index (κ2) is 14.8. The zero-order valence-corrected chi connectivity index (χ0v) is 21.9. The fourth-order valence-corrected chi connectivity index (χ4v) is 2.54. The molecule has 0 aliphatic heterocycles. The van der Waals surface area contributed by atoms with Gasteiger partial charge in [0.2, 0.25) is 5.75 Å². The topological polar surface area (TPSA) is 102 Å². The van der Waals surface area contributed by atoms with Crippen LogP contribution in [0, 0.1) is 0 Å². The van der Waals surface area contributed by atoms with Crippen molar-refractivity contribution in [3.63, 3.8) is 0 Å². The van der Waals surface area contributed by atoms with E-state index in [0.717, 1.165) is 18.5 Å². The van der Waals surface area contributed by atoms with Gasteiger partial charge in [-0.2, -0.15) is 0 Å². The summed E-state index contributed by atoms with van der Waals surface area (Å²) in [5.41, 5.74) is 0.424. The van der Waals surface area contributed by atoms with Gasteiger partial charge in [0, 0.05) is 19.6 Å². The summed E-state index contributed by atoms with van der Waals surface area (Å²) >= 11 is 0. The number of hydrogen-bond donors (Lipinski definition) is 3. The van der Waals surface area contributed by atoms with Gasteiger partial charge in [0.05, 0.1) is 27.9 Å². The Morgan fingerprint density at radius 3 is 2.03 bits per heavy atom. The summed E-state index contributed by atoms with van der Waals surface area (Å²) in [6.07, 6.45) is 0.318. The number of aliphatic imine (C=N–C) groups is 1. The van der Waals surface area contributed by atoms with E-state index in [9.17, 15) is 4.79 Å². The van der Waals surface area contributed by atoms with Gasteiger partial charge in [0.25, 0.3) is 0 Å². The van der Waals surface area contributed by atoms with Crippen LogP contribution in [0.1, 0.15) is 39.7 Å². The van der Waals surface area contributed by atoms with Gasteiger partial charge in [-0.05, 0) is 51.8 Å². The highest BCUT2D eigenvalue weighted by atomic mass is 127. The molecule has 0 fully saturated rings. The van der Waals surface area contributed by atoms with Crippen molar-refractivity contribution in [1.29, 1.82) is 0 Å². The van der Waals surface area contributed by atoms with Crippen LogP contribution < -0.4 is 30.2 Å². The van der Waals surface area contributed by atoms with Gasteiger partial charge < -0.3 is 34.9 Å². The summed E-state index contributed by atoms with van der Waals surface area (Å²) in [6, 6.07) is 3.75. The first-order chi connectivity index (χ1) is 14.2. The zero-order chi connectivity index (χ0) is 22.6. The van der Waals surface area contributed by atoms with E-state index < -0.39 is 11.7 Å². The van der Waals surface area contributed by atoms with Crippen molar-refractivity contribution in [3.8, 4) is 17.2 Å². The average Bonchev–Trinajstić information content (AvgIpc) is 2.69. The van der Waals surface area contributed by atoms with E-state index >= 15 is 0 Å². The molecule has 9 nitrogen and oxygen atoms in total. The molecular formula is C21H37IN4O5. The molecule has 31 heavy (non-hydrogen) atoms. The lowest BCUT2D eigenvalue weighted by Gasteiger charge is -2.19. The third-order valence-corrected chi connectivity index (χ3v) is 3.80. The summed E-state index contributed by atoms with van der Waals surface area (Å²) in [4.78, 5) is 16.3. The van der Waals surface area contributed by atoms with E-state index in [1.165, 1.54) is 0 Å². The molecule has 178 valence electrons. The van der Waals surface area contributed by atoms with Crippen LogP contribution in [0.5, 0.6) is 17.2 Å². The Labute approximate surface area is 202 Å². The molecule has 1 aromatic carbocycles. The second-order valence-corrected chi connectivity index (χ2v) is 7.44. The van der Waals surface area contributed by atoms with E-state index in [-0.39, 0.29) is 24.0 Å². The number of halogens is 1. The fourth-order valence-electron chi connectivity index (χ4n) is 2.54. The van der Waals surface area contributed by atoms with E-state index in [2.05, 4.69) is 20.9 Å². The van der Waals surface area contributed by atoms with Crippen molar-refractivity contribution < 1.29 is 23.7 Å².